The molecule has 226 valence electrons. The van der Waals surface area contributed by atoms with Crippen LogP contribution in [0.4, 0.5) is 13.2 Å². The Morgan fingerprint density at radius 2 is 1.34 bits per heavy atom. The third kappa shape index (κ3) is 8.88. The zero-order valence-corrected chi connectivity index (χ0v) is 25.3. The molecule has 1 heterocycles. The summed E-state index contributed by atoms with van der Waals surface area (Å²) < 4.78 is 40.2. The van der Waals surface area contributed by atoms with Crippen molar-refractivity contribution < 1.29 is 18.0 Å². The molecule has 0 aliphatic heterocycles. The number of aromatic nitrogens is 1. The van der Waals surface area contributed by atoms with E-state index in [1.165, 1.54) is 23.5 Å². The van der Waals surface area contributed by atoms with E-state index in [2.05, 4.69) is 17.0 Å². The van der Waals surface area contributed by atoms with Crippen molar-refractivity contribution in [3.8, 4) is 0 Å². The summed E-state index contributed by atoms with van der Waals surface area (Å²) in [5.74, 6) is -0.143. The first-order valence-electron chi connectivity index (χ1n) is 14.5. The summed E-state index contributed by atoms with van der Waals surface area (Å²) in [6, 6.07) is 33.5. The SMILES string of the molecule is Cc1ccc(CN(Cc2cccc(C(F)(F)F)c2)Cc2nc(C(=O)N(CCc3ccccc3)Cc3ccccc3)cs2)cc1. The summed E-state index contributed by atoms with van der Waals surface area (Å²) in [6.07, 6.45) is -3.69. The molecular weight excluding hydrogens is 579 g/mol. The number of thiazole rings is 1. The Labute approximate surface area is 260 Å². The van der Waals surface area contributed by atoms with Crippen LogP contribution in [0.5, 0.6) is 0 Å². The predicted molar refractivity (Wildman–Crippen MR) is 169 cm³/mol. The minimum atomic E-state index is -4.41. The zero-order chi connectivity index (χ0) is 30.9. The molecule has 8 heteroatoms. The Morgan fingerprint density at radius 1 is 0.727 bits per heavy atom. The number of amides is 1. The van der Waals surface area contributed by atoms with E-state index in [0.29, 0.717) is 44.0 Å². The molecule has 1 amide bonds. The number of benzene rings is 4. The number of rotatable bonds is 12. The van der Waals surface area contributed by atoms with Gasteiger partial charge in [0.25, 0.3) is 5.91 Å². The largest absolute Gasteiger partial charge is 0.416 e. The van der Waals surface area contributed by atoms with Gasteiger partial charge in [-0.3, -0.25) is 9.69 Å². The number of nitrogens with zero attached hydrogens (tertiary/aromatic N) is 3. The van der Waals surface area contributed by atoms with Crippen molar-refractivity contribution in [3.05, 3.63) is 159 Å². The molecule has 0 bridgehead atoms. The van der Waals surface area contributed by atoms with Gasteiger partial charge in [-0.15, -0.1) is 11.3 Å². The Balaban J connectivity index is 1.34. The molecule has 0 aliphatic rings. The van der Waals surface area contributed by atoms with Crippen molar-refractivity contribution >= 4 is 17.2 Å². The fourth-order valence-corrected chi connectivity index (χ4v) is 5.83. The Kier molecular flexibility index (Phi) is 10.2. The number of alkyl halides is 3. The van der Waals surface area contributed by atoms with E-state index in [0.717, 1.165) is 39.7 Å². The minimum Gasteiger partial charge on any atom is -0.333 e. The van der Waals surface area contributed by atoms with Gasteiger partial charge in [0.1, 0.15) is 10.7 Å². The second kappa shape index (κ2) is 14.5. The smallest absolute Gasteiger partial charge is 0.333 e. The maximum absolute atomic E-state index is 13.8. The monoisotopic (exact) mass is 613 g/mol. The summed E-state index contributed by atoms with van der Waals surface area (Å²) >= 11 is 1.40. The molecule has 4 aromatic carbocycles. The summed E-state index contributed by atoms with van der Waals surface area (Å²) in [5.41, 5.74) is 4.65. The van der Waals surface area contributed by atoms with Crippen LogP contribution in [0.25, 0.3) is 0 Å². The molecule has 4 nitrogen and oxygen atoms in total. The van der Waals surface area contributed by atoms with Crippen molar-refractivity contribution in [2.45, 2.75) is 45.7 Å². The van der Waals surface area contributed by atoms with Crippen LogP contribution in [-0.4, -0.2) is 27.2 Å². The highest BCUT2D eigenvalue weighted by Crippen LogP contribution is 2.30. The maximum atomic E-state index is 13.8. The summed E-state index contributed by atoms with van der Waals surface area (Å²) in [7, 11) is 0. The van der Waals surface area contributed by atoms with Crippen LogP contribution in [0.3, 0.4) is 0 Å². The Morgan fingerprint density at radius 3 is 2.02 bits per heavy atom. The molecule has 0 radical (unpaired) electrons. The van der Waals surface area contributed by atoms with Crippen LogP contribution in [0.1, 0.15) is 48.9 Å². The third-order valence-electron chi connectivity index (χ3n) is 7.33. The summed E-state index contributed by atoms with van der Waals surface area (Å²) in [5, 5.41) is 2.52. The number of aryl methyl sites for hydroxylation is 1. The molecule has 5 aromatic rings. The van der Waals surface area contributed by atoms with E-state index >= 15 is 0 Å². The lowest BCUT2D eigenvalue weighted by atomic mass is 10.1. The third-order valence-corrected chi connectivity index (χ3v) is 8.17. The average molecular weight is 614 g/mol. The standard InChI is InChI=1S/C36H34F3N3OS/c1-27-15-17-30(18-16-27)22-41(23-31-13-8-14-32(21-31)36(37,38)39)25-34-40-33(26-44-34)35(43)42(24-29-11-6-3-7-12-29)20-19-28-9-4-2-5-10-28/h2-18,21,26H,19-20,22-25H2,1H3. The average Bonchev–Trinajstić information content (AvgIpc) is 3.49. The minimum absolute atomic E-state index is 0.143. The lowest BCUT2D eigenvalue weighted by molar-refractivity contribution is -0.137. The second-order valence-corrected chi connectivity index (χ2v) is 11.8. The van der Waals surface area contributed by atoms with Crippen LogP contribution in [0.15, 0.2) is 115 Å². The number of halogens is 3. The van der Waals surface area contributed by atoms with Gasteiger partial charge in [0, 0.05) is 31.6 Å². The van der Waals surface area contributed by atoms with E-state index in [1.807, 2.05) is 84.6 Å². The molecule has 44 heavy (non-hydrogen) atoms. The molecule has 5 rings (SSSR count). The number of carbonyl (C=O) groups is 1. The van der Waals surface area contributed by atoms with Crippen molar-refractivity contribution in [2.75, 3.05) is 6.54 Å². The first-order chi connectivity index (χ1) is 21.2. The Bertz CT molecular complexity index is 1640. The topological polar surface area (TPSA) is 36.4 Å². The zero-order valence-electron chi connectivity index (χ0n) is 24.5. The highest BCUT2D eigenvalue weighted by atomic mass is 32.1. The van der Waals surface area contributed by atoms with Gasteiger partial charge in [-0.05, 0) is 41.7 Å². The van der Waals surface area contributed by atoms with Gasteiger partial charge < -0.3 is 4.90 Å². The van der Waals surface area contributed by atoms with E-state index in [4.69, 9.17) is 4.98 Å². The molecule has 0 atom stereocenters. The van der Waals surface area contributed by atoms with Gasteiger partial charge >= 0.3 is 6.18 Å². The molecule has 0 fully saturated rings. The van der Waals surface area contributed by atoms with E-state index in [1.54, 1.807) is 11.4 Å². The lowest BCUT2D eigenvalue weighted by Crippen LogP contribution is -2.33. The van der Waals surface area contributed by atoms with Crippen molar-refractivity contribution in [3.63, 3.8) is 0 Å². The first kappa shape index (κ1) is 31.2. The van der Waals surface area contributed by atoms with Crippen LogP contribution >= 0.6 is 11.3 Å². The molecule has 1 aromatic heterocycles. The normalized spacial score (nSPS) is 11.6. The number of carbonyl (C=O) groups excluding carboxylic acids is 1. The molecular formula is C36H34F3N3OS. The Hall–Kier alpha value is -4.27. The molecule has 0 saturated heterocycles. The van der Waals surface area contributed by atoms with Gasteiger partial charge in [0.15, 0.2) is 0 Å². The molecule has 0 aliphatic carbocycles. The van der Waals surface area contributed by atoms with E-state index in [9.17, 15) is 18.0 Å². The molecule has 0 saturated carbocycles. The van der Waals surface area contributed by atoms with Crippen molar-refractivity contribution in [1.29, 1.82) is 0 Å². The summed E-state index contributed by atoms with van der Waals surface area (Å²) in [4.78, 5) is 22.4. The number of hydrogen-bond acceptors (Lipinski definition) is 4. The van der Waals surface area contributed by atoms with Crippen LogP contribution in [0, 0.1) is 6.92 Å². The second-order valence-electron chi connectivity index (χ2n) is 10.9. The van der Waals surface area contributed by atoms with Gasteiger partial charge in [0.05, 0.1) is 12.1 Å². The van der Waals surface area contributed by atoms with Crippen LogP contribution in [0.2, 0.25) is 0 Å². The molecule has 0 unspecified atom stereocenters. The lowest BCUT2D eigenvalue weighted by Gasteiger charge is -2.23. The van der Waals surface area contributed by atoms with Crippen LogP contribution < -0.4 is 0 Å². The van der Waals surface area contributed by atoms with E-state index < -0.39 is 11.7 Å². The van der Waals surface area contributed by atoms with Gasteiger partial charge in [-0.25, -0.2) is 4.98 Å². The van der Waals surface area contributed by atoms with Crippen molar-refractivity contribution in [2.24, 2.45) is 0 Å². The van der Waals surface area contributed by atoms with Gasteiger partial charge in [0.2, 0.25) is 0 Å². The first-order valence-corrected chi connectivity index (χ1v) is 15.4. The fourth-order valence-electron chi connectivity index (χ4n) is 5.02. The number of hydrogen-bond donors (Lipinski definition) is 0. The molecule has 0 N–H and O–H groups in total. The highest BCUT2D eigenvalue weighted by molar-refractivity contribution is 7.09. The summed E-state index contributed by atoms with van der Waals surface area (Å²) in [6.45, 7) is 4.24. The predicted octanol–water partition coefficient (Wildman–Crippen LogP) is 8.56. The maximum Gasteiger partial charge on any atom is 0.416 e. The van der Waals surface area contributed by atoms with Gasteiger partial charge in [-0.1, -0.05) is 109 Å². The van der Waals surface area contributed by atoms with Crippen LogP contribution in [-0.2, 0) is 38.8 Å². The molecule has 0 spiro atoms. The quantitative estimate of drug-likeness (QED) is 0.142. The van der Waals surface area contributed by atoms with Gasteiger partial charge in [-0.2, -0.15) is 13.2 Å². The van der Waals surface area contributed by atoms with Crippen molar-refractivity contribution in [1.82, 2.24) is 14.8 Å². The van der Waals surface area contributed by atoms with E-state index in [-0.39, 0.29) is 5.91 Å². The fraction of sp³-hybridized carbons (Fsp3) is 0.222. The highest BCUT2D eigenvalue weighted by Gasteiger charge is 2.30.